The predicted octanol–water partition coefficient (Wildman–Crippen LogP) is 2.03. The third-order valence-electron chi connectivity index (χ3n) is 2.60. The molecule has 0 aromatic rings. The fourth-order valence-electron chi connectivity index (χ4n) is 1.36. The molecule has 0 aliphatic carbocycles. The molecule has 3 heteroatoms. The predicted molar refractivity (Wildman–Crippen MR) is 59.6 cm³/mol. The van der Waals surface area contributed by atoms with Crippen molar-refractivity contribution < 1.29 is 14.7 Å². The molecule has 0 amide bonds. The largest absolute Gasteiger partial charge is 0.393 e. The Labute approximate surface area is 91.2 Å². The van der Waals surface area contributed by atoms with Crippen LogP contribution < -0.4 is 0 Å². The highest BCUT2D eigenvalue weighted by molar-refractivity contribution is 6.04. The molecule has 1 unspecified atom stereocenters. The van der Waals surface area contributed by atoms with Gasteiger partial charge in [-0.05, 0) is 45.6 Å². The Bertz CT molecular complexity index is 277. The zero-order chi connectivity index (χ0) is 12.0. The van der Waals surface area contributed by atoms with E-state index in [9.17, 15) is 14.7 Å². The van der Waals surface area contributed by atoms with Gasteiger partial charge in [0.25, 0.3) is 0 Å². The van der Waals surface area contributed by atoms with Gasteiger partial charge in [-0.25, -0.2) is 0 Å². The number of carbonyl (C=O) groups is 2. The molecular weight excluding hydrogens is 192 g/mol. The maximum atomic E-state index is 11.3. The second-order valence-electron chi connectivity index (χ2n) is 3.82. The van der Waals surface area contributed by atoms with Gasteiger partial charge in [0, 0.05) is 5.57 Å². The topological polar surface area (TPSA) is 54.4 Å². The molecule has 0 saturated carbocycles. The van der Waals surface area contributed by atoms with Crippen molar-refractivity contribution >= 4 is 11.6 Å². The number of ketones is 2. The van der Waals surface area contributed by atoms with Crippen LogP contribution in [0.15, 0.2) is 11.1 Å². The minimum absolute atomic E-state index is 0.0776. The van der Waals surface area contributed by atoms with E-state index in [0.29, 0.717) is 30.4 Å². The van der Waals surface area contributed by atoms with Gasteiger partial charge in [-0.1, -0.05) is 6.92 Å². The van der Waals surface area contributed by atoms with Crippen molar-refractivity contribution in [3.05, 3.63) is 11.1 Å². The van der Waals surface area contributed by atoms with Crippen molar-refractivity contribution in [2.75, 3.05) is 0 Å². The molecule has 0 aliphatic rings. The van der Waals surface area contributed by atoms with Gasteiger partial charge in [-0.2, -0.15) is 0 Å². The third-order valence-corrected chi connectivity index (χ3v) is 2.60. The van der Waals surface area contributed by atoms with E-state index in [1.165, 1.54) is 13.8 Å². The van der Waals surface area contributed by atoms with E-state index in [2.05, 4.69) is 0 Å². The smallest absolute Gasteiger partial charge is 0.156 e. The molecule has 1 atom stereocenters. The normalized spacial score (nSPS) is 14.5. The van der Waals surface area contributed by atoms with E-state index in [-0.39, 0.29) is 17.7 Å². The number of aliphatic hydroxyl groups is 1. The van der Waals surface area contributed by atoms with Crippen LogP contribution in [0.25, 0.3) is 0 Å². The van der Waals surface area contributed by atoms with Crippen LogP contribution in [0, 0.1) is 0 Å². The number of rotatable bonds is 6. The van der Waals surface area contributed by atoms with Crippen molar-refractivity contribution in [3.8, 4) is 0 Å². The van der Waals surface area contributed by atoms with Crippen molar-refractivity contribution in [2.24, 2.45) is 0 Å². The minimum atomic E-state index is -0.390. The summed E-state index contributed by atoms with van der Waals surface area (Å²) < 4.78 is 0. The minimum Gasteiger partial charge on any atom is -0.393 e. The van der Waals surface area contributed by atoms with Crippen molar-refractivity contribution in [2.45, 2.75) is 53.1 Å². The molecule has 0 aromatic heterocycles. The molecule has 1 N–H and O–H groups in total. The van der Waals surface area contributed by atoms with Crippen LogP contribution in [-0.4, -0.2) is 22.8 Å². The second-order valence-corrected chi connectivity index (χ2v) is 3.82. The fourth-order valence-corrected chi connectivity index (χ4v) is 1.36. The number of hydrogen-bond donors (Lipinski definition) is 1. The van der Waals surface area contributed by atoms with Crippen LogP contribution in [0.2, 0.25) is 0 Å². The standard InChI is InChI=1S/C12H20O3/c1-5-11(15)6-7-12(10(4)14)8(2)9(3)13/h11,15H,5-7H2,1-4H3/b12-8-. The van der Waals surface area contributed by atoms with Crippen LogP contribution in [0.5, 0.6) is 0 Å². The zero-order valence-corrected chi connectivity index (χ0v) is 9.96. The van der Waals surface area contributed by atoms with Gasteiger partial charge in [0.1, 0.15) is 0 Å². The van der Waals surface area contributed by atoms with Gasteiger partial charge in [-0.15, -0.1) is 0 Å². The first kappa shape index (κ1) is 14.0. The molecule has 0 rings (SSSR count). The molecule has 0 fully saturated rings. The van der Waals surface area contributed by atoms with E-state index in [1.54, 1.807) is 6.92 Å². The van der Waals surface area contributed by atoms with Crippen molar-refractivity contribution in [3.63, 3.8) is 0 Å². The summed E-state index contributed by atoms with van der Waals surface area (Å²) in [5.41, 5.74) is 1.07. The molecule has 3 nitrogen and oxygen atoms in total. The summed E-state index contributed by atoms with van der Waals surface area (Å²) in [6.07, 6.45) is 1.30. The fraction of sp³-hybridized carbons (Fsp3) is 0.667. The molecule has 0 spiro atoms. The van der Waals surface area contributed by atoms with Crippen LogP contribution in [0.4, 0.5) is 0 Å². The summed E-state index contributed by atoms with van der Waals surface area (Å²) in [6.45, 7) is 6.46. The molecule has 0 aliphatic heterocycles. The highest BCUT2D eigenvalue weighted by Gasteiger charge is 2.13. The van der Waals surface area contributed by atoms with Gasteiger partial charge in [0.2, 0.25) is 0 Å². The first-order chi connectivity index (χ1) is 6.90. The lowest BCUT2D eigenvalue weighted by Gasteiger charge is -2.10. The quantitative estimate of drug-likeness (QED) is 0.685. The van der Waals surface area contributed by atoms with E-state index in [4.69, 9.17) is 0 Å². The summed E-state index contributed by atoms with van der Waals surface area (Å²) in [5.74, 6) is -0.155. The van der Waals surface area contributed by atoms with Crippen LogP contribution in [0.3, 0.4) is 0 Å². The molecule has 86 valence electrons. The highest BCUT2D eigenvalue weighted by Crippen LogP contribution is 2.15. The number of Topliss-reactive ketones (excluding diaryl/α,β-unsaturated/α-hetero) is 2. The maximum Gasteiger partial charge on any atom is 0.156 e. The van der Waals surface area contributed by atoms with E-state index in [1.807, 2.05) is 6.92 Å². The van der Waals surface area contributed by atoms with Crippen LogP contribution >= 0.6 is 0 Å². The Kier molecular flexibility index (Phi) is 6.09. The number of hydrogen-bond acceptors (Lipinski definition) is 3. The molecule has 0 radical (unpaired) electrons. The third kappa shape index (κ3) is 4.88. The molecule has 0 heterocycles. The van der Waals surface area contributed by atoms with Crippen LogP contribution in [0.1, 0.15) is 47.0 Å². The number of aliphatic hydroxyl groups excluding tert-OH is 1. The van der Waals surface area contributed by atoms with E-state index < -0.39 is 0 Å². The summed E-state index contributed by atoms with van der Waals surface area (Å²) in [6, 6.07) is 0. The van der Waals surface area contributed by atoms with Gasteiger partial charge in [-0.3, -0.25) is 9.59 Å². The molecule has 15 heavy (non-hydrogen) atoms. The average Bonchev–Trinajstić information content (AvgIpc) is 2.16. The Hall–Kier alpha value is -0.960. The summed E-state index contributed by atoms with van der Waals surface area (Å²) in [4.78, 5) is 22.4. The lowest BCUT2D eigenvalue weighted by atomic mass is 9.96. The Morgan fingerprint density at radius 1 is 1.13 bits per heavy atom. The second kappa shape index (κ2) is 6.51. The SMILES string of the molecule is CCC(O)CC/C(C(C)=O)=C(\C)C(C)=O. The molecule has 0 aromatic carbocycles. The lowest BCUT2D eigenvalue weighted by Crippen LogP contribution is -2.10. The number of allylic oxidation sites excluding steroid dienone is 2. The summed E-state index contributed by atoms with van der Waals surface area (Å²) >= 11 is 0. The molecule has 0 bridgehead atoms. The van der Waals surface area contributed by atoms with E-state index >= 15 is 0 Å². The summed E-state index contributed by atoms with van der Waals surface area (Å²) in [7, 11) is 0. The van der Waals surface area contributed by atoms with Gasteiger partial charge in [0.05, 0.1) is 6.10 Å². The number of carbonyl (C=O) groups excluding carboxylic acids is 2. The van der Waals surface area contributed by atoms with Crippen molar-refractivity contribution in [1.82, 2.24) is 0 Å². The van der Waals surface area contributed by atoms with Gasteiger partial charge in [0.15, 0.2) is 11.6 Å². The maximum absolute atomic E-state index is 11.3. The van der Waals surface area contributed by atoms with E-state index in [0.717, 1.165) is 0 Å². The molecular formula is C12H20O3. The Balaban J connectivity index is 4.63. The zero-order valence-electron chi connectivity index (χ0n) is 9.96. The first-order valence-electron chi connectivity index (χ1n) is 5.29. The Morgan fingerprint density at radius 3 is 2.00 bits per heavy atom. The Morgan fingerprint density at radius 2 is 1.67 bits per heavy atom. The highest BCUT2D eigenvalue weighted by atomic mass is 16.3. The average molecular weight is 212 g/mol. The first-order valence-corrected chi connectivity index (χ1v) is 5.29. The van der Waals surface area contributed by atoms with Gasteiger partial charge < -0.3 is 5.11 Å². The monoisotopic (exact) mass is 212 g/mol. The molecule has 0 saturated heterocycles. The summed E-state index contributed by atoms with van der Waals surface area (Å²) in [5, 5.41) is 9.39. The van der Waals surface area contributed by atoms with Crippen molar-refractivity contribution in [1.29, 1.82) is 0 Å². The van der Waals surface area contributed by atoms with Crippen LogP contribution in [-0.2, 0) is 9.59 Å². The lowest BCUT2D eigenvalue weighted by molar-refractivity contribution is -0.116. The van der Waals surface area contributed by atoms with Gasteiger partial charge >= 0.3 is 0 Å².